The van der Waals surface area contributed by atoms with Crippen molar-refractivity contribution in [1.29, 1.82) is 0 Å². The van der Waals surface area contributed by atoms with Crippen molar-refractivity contribution in [2.75, 3.05) is 18.5 Å². The van der Waals surface area contributed by atoms with E-state index in [-0.39, 0.29) is 5.91 Å². The minimum absolute atomic E-state index is 0.129. The van der Waals surface area contributed by atoms with Crippen LogP contribution in [0.2, 0.25) is 5.02 Å². The molecule has 0 bridgehead atoms. The number of likely N-dealkylation sites (tertiary alicyclic amines) is 1. The van der Waals surface area contributed by atoms with Gasteiger partial charge in [0.25, 0.3) is 0 Å². The molecule has 1 amide bonds. The molecule has 2 aromatic rings. The van der Waals surface area contributed by atoms with Gasteiger partial charge in [0.05, 0.1) is 11.2 Å². The number of benzene rings is 1. The molecule has 22 heavy (non-hydrogen) atoms. The highest BCUT2D eigenvalue weighted by Crippen LogP contribution is 2.24. The molecular formula is C16H17ClN4O. The minimum atomic E-state index is 0.129. The van der Waals surface area contributed by atoms with E-state index in [1.54, 1.807) is 13.1 Å². The minimum Gasteiger partial charge on any atom is -0.342 e. The number of aromatic nitrogens is 1. The van der Waals surface area contributed by atoms with E-state index in [9.17, 15) is 4.79 Å². The van der Waals surface area contributed by atoms with Gasteiger partial charge in [-0.25, -0.2) is 0 Å². The van der Waals surface area contributed by atoms with Crippen molar-refractivity contribution in [2.24, 2.45) is 5.10 Å². The van der Waals surface area contributed by atoms with Crippen LogP contribution in [0.4, 0.5) is 5.69 Å². The second-order valence-corrected chi connectivity index (χ2v) is 5.75. The van der Waals surface area contributed by atoms with Crippen LogP contribution in [0.1, 0.15) is 19.8 Å². The van der Waals surface area contributed by atoms with E-state index in [0.29, 0.717) is 5.02 Å². The number of nitrogens with one attached hydrogen (secondary N) is 1. The molecule has 1 fully saturated rings. The van der Waals surface area contributed by atoms with Crippen LogP contribution in [0.25, 0.3) is 10.9 Å². The fraction of sp³-hybridized carbons (Fsp3) is 0.312. The first-order chi connectivity index (χ1) is 10.6. The lowest BCUT2D eigenvalue weighted by molar-refractivity contribution is -0.128. The number of amides is 1. The molecule has 3 rings (SSSR count). The van der Waals surface area contributed by atoms with Crippen LogP contribution in [0, 0.1) is 0 Å². The highest BCUT2D eigenvalue weighted by atomic mass is 35.5. The number of carbonyl (C=O) groups is 1. The molecule has 2 heterocycles. The number of hydrogen-bond acceptors (Lipinski definition) is 4. The number of piperidine rings is 1. The van der Waals surface area contributed by atoms with Crippen molar-refractivity contribution in [1.82, 2.24) is 9.88 Å². The first-order valence-electron chi connectivity index (χ1n) is 7.25. The second-order valence-electron chi connectivity index (χ2n) is 5.32. The van der Waals surface area contributed by atoms with Crippen LogP contribution in [-0.2, 0) is 4.79 Å². The predicted molar refractivity (Wildman–Crippen MR) is 89.3 cm³/mol. The molecule has 0 saturated carbocycles. The third-order valence-corrected chi connectivity index (χ3v) is 4.06. The molecule has 114 valence electrons. The number of anilines is 1. The van der Waals surface area contributed by atoms with Gasteiger partial charge in [0.1, 0.15) is 0 Å². The molecule has 1 N–H and O–H groups in total. The smallest absolute Gasteiger partial charge is 0.219 e. The van der Waals surface area contributed by atoms with Crippen LogP contribution in [0.15, 0.2) is 35.6 Å². The number of fused-ring (bicyclic) bond motifs is 1. The summed E-state index contributed by atoms with van der Waals surface area (Å²) >= 11 is 5.99. The Morgan fingerprint density at radius 2 is 2.09 bits per heavy atom. The summed E-state index contributed by atoms with van der Waals surface area (Å²) in [5.41, 5.74) is 5.95. The van der Waals surface area contributed by atoms with Gasteiger partial charge in [-0.1, -0.05) is 11.6 Å². The van der Waals surface area contributed by atoms with E-state index in [0.717, 1.165) is 48.2 Å². The third kappa shape index (κ3) is 3.20. The van der Waals surface area contributed by atoms with Crippen molar-refractivity contribution in [3.8, 4) is 0 Å². The van der Waals surface area contributed by atoms with Gasteiger partial charge in [0, 0.05) is 55.2 Å². The Bertz CT molecular complexity index is 734. The predicted octanol–water partition coefficient (Wildman–Crippen LogP) is 3.30. The summed E-state index contributed by atoms with van der Waals surface area (Å²) in [6.45, 7) is 3.08. The molecule has 5 nitrogen and oxygen atoms in total. The summed E-state index contributed by atoms with van der Waals surface area (Å²) in [6.07, 6.45) is 3.35. The van der Waals surface area contributed by atoms with Gasteiger partial charge in [-0.3, -0.25) is 15.2 Å². The summed E-state index contributed by atoms with van der Waals surface area (Å²) in [6, 6.07) is 7.51. The molecule has 0 spiro atoms. The average molecular weight is 317 g/mol. The van der Waals surface area contributed by atoms with E-state index in [1.165, 1.54) is 0 Å². The van der Waals surface area contributed by atoms with E-state index >= 15 is 0 Å². The van der Waals surface area contributed by atoms with E-state index < -0.39 is 0 Å². The maximum atomic E-state index is 11.3. The molecule has 1 aromatic heterocycles. The molecule has 1 aliphatic heterocycles. The van der Waals surface area contributed by atoms with Gasteiger partial charge in [0.15, 0.2) is 0 Å². The number of pyridine rings is 1. The average Bonchev–Trinajstić information content (AvgIpc) is 2.52. The van der Waals surface area contributed by atoms with Crippen molar-refractivity contribution < 1.29 is 4.79 Å². The van der Waals surface area contributed by atoms with Crippen LogP contribution >= 0.6 is 11.6 Å². The molecule has 1 saturated heterocycles. The summed E-state index contributed by atoms with van der Waals surface area (Å²) in [4.78, 5) is 17.5. The van der Waals surface area contributed by atoms with Crippen LogP contribution in [-0.4, -0.2) is 34.6 Å². The van der Waals surface area contributed by atoms with Crippen molar-refractivity contribution in [3.05, 3.63) is 35.5 Å². The lowest BCUT2D eigenvalue weighted by Gasteiger charge is -2.26. The van der Waals surface area contributed by atoms with Gasteiger partial charge in [-0.05, 0) is 24.3 Å². The van der Waals surface area contributed by atoms with Gasteiger partial charge in [0.2, 0.25) is 5.91 Å². The molecule has 0 aliphatic carbocycles. The van der Waals surface area contributed by atoms with E-state index in [1.807, 2.05) is 29.2 Å². The normalized spacial score (nSPS) is 15.0. The topological polar surface area (TPSA) is 57.6 Å². The maximum Gasteiger partial charge on any atom is 0.219 e. The van der Waals surface area contributed by atoms with E-state index in [2.05, 4.69) is 15.5 Å². The quantitative estimate of drug-likeness (QED) is 0.865. The standard InChI is InChI=1S/C16H17ClN4O/c1-11(22)21-8-5-13(6-9-21)19-20-15-4-7-18-16-10-12(17)2-3-14(15)16/h2-4,7,10H,5-6,8-9H2,1H3,(H,18,20). The van der Waals surface area contributed by atoms with Gasteiger partial charge >= 0.3 is 0 Å². The number of nitrogens with zero attached hydrogens (tertiary/aromatic N) is 3. The molecule has 0 radical (unpaired) electrons. The Hall–Kier alpha value is -2.14. The molecule has 0 atom stereocenters. The molecule has 0 unspecified atom stereocenters. The summed E-state index contributed by atoms with van der Waals surface area (Å²) in [5.74, 6) is 0.129. The van der Waals surface area contributed by atoms with E-state index in [4.69, 9.17) is 11.6 Å². The zero-order valence-corrected chi connectivity index (χ0v) is 13.1. The van der Waals surface area contributed by atoms with Gasteiger partial charge in [-0.2, -0.15) is 5.10 Å². The van der Waals surface area contributed by atoms with Gasteiger partial charge < -0.3 is 4.90 Å². The Balaban J connectivity index is 1.74. The Morgan fingerprint density at radius 1 is 1.32 bits per heavy atom. The highest BCUT2D eigenvalue weighted by molar-refractivity contribution is 6.31. The molecule has 6 heteroatoms. The fourth-order valence-corrected chi connectivity index (χ4v) is 2.72. The lowest BCUT2D eigenvalue weighted by atomic mass is 10.1. The largest absolute Gasteiger partial charge is 0.342 e. The summed E-state index contributed by atoms with van der Waals surface area (Å²) in [5, 5.41) is 6.14. The number of carbonyl (C=O) groups excluding carboxylic acids is 1. The maximum absolute atomic E-state index is 11.3. The third-order valence-electron chi connectivity index (χ3n) is 3.83. The first-order valence-corrected chi connectivity index (χ1v) is 7.62. The Kier molecular flexibility index (Phi) is 4.24. The molecule has 1 aromatic carbocycles. The van der Waals surface area contributed by atoms with Crippen molar-refractivity contribution in [2.45, 2.75) is 19.8 Å². The number of rotatable bonds is 2. The Morgan fingerprint density at radius 3 is 2.82 bits per heavy atom. The summed E-state index contributed by atoms with van der Waals surface area (Å²) < 4.78 is 0. The molecule has 1 aliphatic rings. The number of hydrogen-bond donors (Lipinski definition) is 1. The zero-order chi connectivity index (χ0) is 15.5. The molecular weight excluding hydrogens is 300 g/mol. The fourth-order valence-electron chi connectivity index (χ4n) is 2.55. The number of hydrazone groups is 1. The zero-order valence-electron chi connectivity index (χ0n) is 12.3. The highest BCUT2D eigenvalue weighted by Gasteiger charge is 2.16. The van der Waals surface area contributed by atoms with Crippen LogP contribution in [0.5, 0.6) is 0 Å². The van der Waals surface area contributed by atoms with Crippen molar-refractivity contribution in [3.63, 3.8) is 0 Å². The lowest BCUT2D eigenvalue weighted by Crippen LogP contribution is -2.37. The SMILES string of the molecule is CC(=O)N1CCC(=NNc2ccnc3cc(Cl)ccc23)CC1. The second kappa shape index (κ2) is 6.32. The van der Waals surface area contributed by atoms with Crippen LogP contribution in [0.3, 0.4) is 0 Å². The monoisotopic (exact) mass is 316 g/mol. The van der Waals surface area contributed by atoms with Gasteiger partial charge in [-0.15, -0.1) is 0 Å². The number of halogens is 1. The Labute approximate surface area is 134 Å². The first kappa shape index (κ1) is 14.8. The van der Waals surface area contributed by atoms with Crippen LogP contribution < -0.4 is 5.43 Å². The summed E-state index contributed by atoms with van der Waals surface area (Å²) in [7, 11) is 0. The van der Waals surface area contributed by atoms with Crippen molar-refractivity contribution >= 4 is 39.8 Å².